The van der Waals surface area contributed by atoms with Gasteiger partial charge in [-0.25, -0.2) is 0 Å². The van der Waals surface area contributed by atoms with Crippen molar-refractivity contribution in [2.45, 2.75) is 25.3 Å². The average molecular weight is 213 g/mol. The molecule has 0 aromatic heterocycles. The standard InChI is InChI=1S/C13H15N3/c1-2-7-13-8-15-10-6-4-3-5-9(11(10)13)12(14)16-13/h3-6,8,11H,2,7H2,1H3,(H2,14,16). The minimum atomic E-state index is -0.192. The maximum absolute atomic E-state index is 6.02. The van der Waals surface area contributed by atoms with Crippen molar-refractivity contribution in [2.24, 2.45) is 21.6 Å². The summed E-state index contributed by atoms with van der Waals surface area (Å²) in [5.41, 5.74) is 8.05. The lowest BCUT2D eigenvalue weighted by atomic mass is 9.80. The second-order valence-electron chi connectivity index (χ2n) is 4.53. The number of aliphatic imine (C=N–C) groups is 2. The lowest BCUT2D eigenvalue weighted by Gasteiger charge is -2.23. The van der Waals surface area contributed by atoms with Gasteiger partial charge in [-0.3, -0.25) is 9.98 Å². The fraction of sp³-hybridized carbons (Fsp3) is 0.385. The summed E-state index contributed by atoms with van der Waals surface area (Å²) >= 11 is 0. The molecular formula is C13H15N3. The Kier molecular flexibility index (Phi) is 1.90. The monoisotopic (exact) mass is 213 g/mol. The molecule has 1 aliphatic carbocycles. The number of amidine groups is 1. The molecule has 2 heterocycles. The zero-order valence-electron chi connectivity index (χ0n) is 9.35. The third-order valence-electron chi connectivity index (χ3n) is 3.47. The predicted octanol–water partition coefficient (Wildman–Crippen LogP) is 1.98. The Labute approximate surface area is 95.2 Å². The van der Waals surface area contributed by atoms with E-state index in [9.17, 15) is 0 Å². The highest BCUT2D eigenvalue weighted by Crippen LogP contribution is 2.46. The van der Waals surface area contributed by atoms with E-state index in [1.165, 1.54) is 0 Å². The van der Waals surface area contributed by atoms with Crippen molar-refractivity contribution >= 4 is 12.1 Å². The Morgan fingerprint density at radius 3 is 3.00 bits per heavy atom. The summed E-state index contributed by atoms with van der Waals surface area (Å²) in [5, 5.41) is 0. The van der Waals surface area contributed by atoms with Crippen molar-refractivity contribution in [3.8, 4) is 0 Å². The summed E-state index contributed by atoms with van der Waals surface area (Å²) in [5.74, 6) is 0.935. The van der Waals surface area contributed by atoms with E-state index in [1.807, 2.05) is 18.4 Å². The molecule has 2 unspecified atom stereocenters. The van der Waals surface area contributed by atoms with Gasteiger partial charge in [-0.05, 0) is 12.5 Å². The van der Waals surface area contributed by atoms with Gasteiger partial charge in [-0.15, -0.1) is 0 Å². The lowest BCUT2D eigenvalue weighted by molar-refractivity contribution is 0.473. The average Bonchev–Trinajstić information content (AvgIpc) is 2.61. The molecule has 0 bridgehead atoms. The number of hydrogen-bond acceptors (Lipinski definition) is 3. The minimum Gasteiger partial charge on any atom is -0.384 e. The molecule has 2 atom stereocenters. The van der Waals surface area contributed by atoms with Crippen molar-refractivity contribution in [2.75, 3.05) is 0 Å². The first-order valence-electron chi connectivity index (χ1n) is 5.76. The van der Waals surface area contributed by atoms with E-state index in [4.69, 9.17) is 5.73 Å². The highest BCUT2D eigenvalue weighted by atomic mass is 15.1. The maximum Gasteiger partial charge on any atom is 0.123 e. The van der Waals surface area contributed by atoms with Crippen molar-refractivity contribution in [1.82, 2.24) is 0 Å². The molecule has 0 spiro atoms. The van der Waals surface area contributed by atoms with Crippen LogP contribution >= 0.6 is 0 Å². The first kappa shape index (κ1) is 9.58. The summed E-state index contributed by atoms with van der Waals surface area (Å²) in [6, 6.07) is 0. The molecular weight excluding hydrogens is 198 g/mol. The molecule has 3 rings (SSSR count). The van der Waals surface area contributed by atoms with E-state index >= 15 is 0 Å². The summed E-state index contributed by atoms with van der Waals surface area (Å²) in [6.07, 6.45) is 12.3. The summed E-state index contributed by atoms with van der Waals surface area (Å²) < 4.78 is 0. The maximum atomic E-state index is 6.02. The molecule has 0 amide bonds. The van der Waals surface area contributed by atoms with E-state index in [2.05, 4.69) is 29.1 Å². The normalized spacial score (nSPS) is 34.3. The van der Waals surface area contributed by atoms with Gasteiger partial charge in [-0.2, -0.15) is 0 Å². The molecule has 82 valence electrons. The summed E-state index contributed by atoms with van der Waals surface area (Å²) in [4.78, 5) is 9.17. The number of nitrogens with two attached hydrogens (primary N) is 1. The molecule has 2 aliphatic heterocycles. The van der Waals surface area contributed by atoms with E-state index in [0.29, 0.717) is 5.84 Å². The van der Waals surface area contributed by atoms with Gasteiger partial charge in [0.15, 0.2) is 0 Å². The zero-order chi connectivity index (χ0) is 11.2. The molecule has 0 aromatic rings. The topological polar surface area (TPSA) is 50.7 Å². The number of hydrogen-bond donors (Lipinski definition) is 1. The van der Waals surface area contributed by atoms with Gasteiger partial charge in [0.25, 0.3) is 0 Å². The van der Waals surface area contributed by atoms with Crippen molar-refractivity contribution in [3.63, 3.8) is 0 Å². The van der Waals surface area contributed by atoms with Gasteiger partial charge in [0.1, 0.15) is 11.4 Å². The molecule has 0 fully saturated rings. The number of nitrogens with zero attached hydrogens (tertiary/aromatic N) is 2. The highest BCUT2D eigenvalue weighted by molar-refractivity contribution is 6.05. The van der Waals surface area contributed by atoms with Gasteiger partial charge in [0.2, 0.25) is 0 Å². The molecule has 0 saturated heterocycles. The van der Waals surface area contributed by atoms with Gasteiger partial charge in [-0.1, -0.05) is 31.6 Å². The van der Waals surface area contributed by atoms with Gasteiger partial charge >= 0.3 is 0 Å². The zero-order valence-corrected chi connectivity index (χ0v) is 9.35. The van der Waals surface area contributed by atoms with Gasteiger partial charge in [0.05, 0.1) is 11.6 Å². The van der Waals surface area contributed by atoms with Crippen LogP contribution in [0.5, 0.6) is 0 Å². The first-order chi connectivity index (χ1) is 7.77. The van der Waals surface area contributed by atoms with Crippen molar-refractivity contribution in [1.29, 1.82) is 0 Å². The third kappa shape index (κ3) is 1.08. The lowest BCUT2D eigenvalue weighted by Crippen LogP contribution is -2.31. The van der Waals surface area contributed by atoms with Crippen LogP contribution in [0.15, 0.2) is 45.6 Å². The molecule has 3 aliphatic rings. The van der Waals surface area contributed by atoms with Crippen LogP contribution in [0.25, 0.3) is 0 Å². The predicted molar refractivity (Wildman–Crippen MR) is 66.5 cm³/mol. The van der Waals surface area contributed by atoms with E-state index in [-0.39, 0.29) is 11.5 Å². The molecule has 0 aromatic carbocycles. The molecule has 2 N–H and O–H groups in total. The van der Waals surface area contributed by atoms with Crippen LogP contribution in [0.4, 0.5) is 0 Å². The van der Waals surface area contributed by atoms with Crippen LogP contribution in [-0.2, 0) is 0 Å². The first-order valence-corrected chi connectivity index (χ1v) is 5.76. The Morgan fingerprint density at radius 1 is 1.38 bits per heavy atom. The molecule has 3 heteroatoms. The van der Waals surface area contributed by atoms with E-state index < -0.39 is 0 Å². The number of rotatable bonds is 2. The highest BCUT2D eigenvalue weighted by Gasteiger charge is 2.50. The van der Waals surface area contributed by atoms with Crippen LogP contribution in [0.2, 0.25) is 0 Å². The molecule has 0 radical (unpaired) electrons. The van der Waals surface area contributed by atoms with Crippen LogP contribution in [0.1, 0.15) is 19.8 Å². The summed E-state index contributed by atoms with van der Waals surface area (Å²) in [7, 11) is 0. The summed E-state index contributed by atoms with van der Waals surface area (Å²) in [6.45, 7) is 2.17. The largest absolute Gasteiger partial charge is 0.384 e. The smallest absolute Gasteiger partial charge is 0.123 e. The Hall–Kier alpha value is -1.64. The molecule has 3 nitrogen and oxygen atoms in total. The number of allylic oxidation sites excluding steroid dienone is 4. The van der Waals surface area contributed by atoms with Crippen LogP contribution in [-0.4, -0.2) is 17.6 Å². The van der Waals surface area contributed by atoms with Crippen LogP contribution in [0, 0.1) is 5.92 Å². The fourth-order valence-electron chi connectivity index (χ4n) is 2.85. The minimum absolute atomic E-state index is 0.192. The van der Waals surface area contributed by atoms with Crippen molar-refractivity contribution < 1.29 is 0 Å². The third-order valence-corrected chi connectivity index (χ3v) is 3.47. The van der Waals surface area contributed by atoms with Crippen molar-refractivity contribution in [3.05, 3.63) is 35.6 Å². The second-order valence-corrected chi connectivity index (χ2v) is 4.53. The molecule has 0 saturated carbocycles. The second kappa shape index (κ2) is 3.17. The Balaban J connectivity index is 2.15. The van der Waals surface area contributed by atoms with Crippen LogP contribution in [0.3, 0.4) is 0 Å². The van der Waals surface area contributed by atoms with E-state index in [1.54, 1.807) is 0 Å². The van der Waals surface area contributed by atoms with Crippen LogP contribution < -0.4 is 5.73 Å². The van der Waals surface area contributed by atoms with Gasteiger partial charge < -0.3 is 5.73 Å². The van der Waals surface area contributed by atoms with E-state index in [0.717, 1.165) is 24.1 Å². The molecule has 16 heavy (non-hydrogen) atoms. The quantitative estimate of drug-likeness (QED) is 0.749. The SMILES string of the molecule is CCCC12C=NC3=CC=CC=C(C(N)=N1)C32. The Morgan fingerprint density at radius 2 is 2.19 bits per heavy atom. The Bertz CT molecular complexity index is 479. The van der Waals surface area contributed by atoms with Gasteiger partial charge in [0, 0.05) is 11.8 Å². The fourth-order valence-corrected chi connectivity index (χ4v) is 2.85.